The van der Waals surface area contributed by atoms with E-state index in [4.69, 9.17) is 4.74 Å². The fourth-order valence-corrected chi connectivity index (χ4v) is 1.76. The number of aromatic nitrogens is 1. The van der Waals surface area contributed by atoms with E-state index >= 15 is 0 Å². The van der Waals surface area contributed by atoms with E-state index < -0.39 is 11.9 Å². The minimum Gasteiger partial charge on any atom is -0.493 e. The fourth-order valence-electron chi connectivity index (χ4n) is 1.76. The van der Waals surface area contributed by atoms with Crippen LogP contribution in [0.4, 0.5) is 4.39 Å². The summed E-state index contributed by atoms with van der Waals surface area (Å²) in [6.07, 6.45) is 1.58. The molecule has 0 aliphatic rings. The Morgan fingerprint density at radius 3 is 2.79 bits per heavy atom. The average molecular weight is 261 g/mol. The second-order valence-electron chi connectivity index (χ2n) is 4.28. The maximum Gasteiger partial charge on any atom is 0.132 e. The average Bonchev–Trinajstić information content (AvgIpc) is 2.39. The number of rotatable bonds is 5. The van der Waals surface area contributed by atoms with Gasteiger partial charge < -0.3 is 9.84 Å². The first-order valence-corrected chi connectivity index (χ1v) is 6.17. The molecule has 1 N–H and O–H groups in total. The van der Waals surface area contributed by atoms with E-state index in [1.165, 1.54) is 19.1 Å². The molecule has 0 saturated carbocycles. The van der Waals surface area contributed by atoms with Gasteiger partial charge in [0.25, 0.3) is 0 Å². The molecule has 0 aliphatic carbocycles. The van der Waals surface area contributed by atoms with Crippen molar-refractivity contribution in [2.45, 2.75) is 19.4 Å². The smallest absolute Gasteiger partial charge is 0.132 e. The lowest BCUT2D eigenvalue weighted by Gasteiger charge is -2.09. The minimum atomic E-state index is -0.817. The standard InChI is InChI=1S/C15H16FNO2/c1-11(18)14-6-5-13(10-15(14)16)19-9-7-12-4-2-3-8-17-12/h2-6,8,10-11,18H,7,9H2,1H3/t11-/m1/s1. The van der Waals surface area contributed by atoms with Crippen LogP contribution in [0, 0.1) is 5.82 Å². The summed E-state index contributed by atoms with van der Waals surface area (Å²) < 4.78 is 19.1. The topological polar surface area (TPSA) is 42.4 Å². The summed E-state index contributed by atoms with van der Waals surface area (Å²) in [5.41, 5.74) is 1.21. The molecule has 1 atom stereocenters. The summed E-state index contributed by atoms with van der Waals surface area (Å²) in [6, 6.07) is 10.2. The zero-order chi connectivity index (χ0) is 13.7. The quantitative estimate of drug-likeness (QED) is 0.899. The van der Waals surface area contributed by atoms with Gasteiger partial charge in [0.05, 0.1) is 12.7 Å². The first kappa shape index (κ1) is 13.5. The predicted molar refractivity (Wildman–Crippen MR) is 70.5 cm³/mol. The molecular weight excluding hydrogens is 245 g/mol. The molecule has 0 unspecified atom stereocenters. The highest BCUT2D eigenvalue weighted by Gasteiger charge is 2.08. The van der Waals surface area contributed by atoms with Crippen molar-refractivity contribution in [1.29, 1.82) is 0 Å². The Hall–Kier alpha value is -1.94. The Labute approximate surface area is 111 Å². The molecular formula is C15H16FNO2. The Balaban J connectivity index is 1.92. The van der Waals surface area contributed by atoms with Gasteiger partial charge in [-0.2, -0.15) is 0 Å². The van der Waals surface area contributed by atoms with Crippen molar-refractivity contribution in [2.24, 2.45) is 0 Å². The zero-order valence-electron chi connectivity index (χ0n) is 10.7. The van der Waals surface area contributed by atoms with Gasteiger partial charge in [-0.3, -0.25) is 4.98 Å². The molecule has 1 heterocycles. The number of halogens is 1. The van der Waals surface area contributed by atoms with Crippen LogP contribution in [0.15, 0.2) is 42.6 Å². The lowest BCUT2D eigenvalue weighted by atomic mass is 10.1. The Kier molecular flexibility index (Phi) is 4.47. The van der Waals surface area contributed by atoms with Gasteiger partial charge in [0.15, 0.2) is 0 Å². The van der Waals surface area contributed by atoms with Crippen molar-refractivity contribution in [3.8, 4) is 5.75 Å². The van der Waals surface area contributed by atoms with E-state index in [9.17, 15) is 9.50 Å². The van der Waals surface area contributed by atoms with Gasteiger partial charge in [-0.25, -0.2) is 4.39 Å². The van der Waals surface area contributed by atoms with Crippen LogP contribution in [0.1, 0.15) is 24.3 Å². The number of ether oxygens (including phenoxy) is 1. The van der Waals surface area contributed by atoms with Crippen molar-refractivity contribution in [3.63, 3.8) is 0 Å². The molecule has 3 nitrogen and oxygen atoms in total. The van der Waals surface area contributed by atoms with Gasteiger partial charge in [0, 0.05) is 29.9 Å². The van der Waals surface area contributed by atoms with Gasteiger partial charge in [-0.05, 0) is 31.2 Å². The lowest BCUT2D eigenvalue weighted by Crippen LogP contribution is -2.03. The molecule has 19 heavy (non-hydrogen) atoms. The number of pyridine rings is 1. The van der Waals surface area contributed by atoms with Gasteiger partial charge in [-0.15, -0.1) is 0 Å². The van der Waals surface area contributed by atoms with Gasteiger partial charge in [-0.1, -0.05) is 6.07 Å². The molecule has 1 aromatic heterocycles. The fraction of sp³-hybridized carbons (Fsp3) is 0.267. The largest absolute Gasteiger partial charge is 0.493 e. The highest BCUT2D eigenvalue weighted by atomic mass is 19.1. The van der Waals surface area contributed by atoms with E-state index in [0.29, 0.717) is 18.8 Å². The molecule has 0 radical (unpaired) electrons. The molecule has 1 aromatic carbocycles. The molecule has 0 bridgehead atoms. The van der Waals surface area contributed by atoms with Crippen LogP contribution in [-0.2, 0) is 6.42 Å². The number of nitrogens with zero attached hydrogens (tertiary/aromatic N) is 1. The first-order valence-electron chi connectivity index (χ1n) is 6.17. The molecule has 0 aliphatic heterocycles. The molecule has 0 spiro atoms. The SMILES string of the molecule is C[C@@H](O)c1ccc(OCCc2ccccn2)cc1F. The third-order valence-corrected chi connectivity index (χ3v) is 2.78. The van der Waals surface area contributed by atoms with E-state index in [0.717, 1.165) is 5.69 Å². The van der Waals surface area contributed by atoms with Gasteiger partial charge in [0.2, 0.25) is 0 Å². The van der Waals surface area contributed by atoms with E-state index in [-0.39, 0.29) is 5.56 Å². The van der Waals surface area contributed by atoms with Crippen molar-refractivity contribution < 1.29 is 14.2 Å². The summed E-state index contributed by atoms with van der Waals surface area (Å²) in [7, 11) is 0. The molecule has 0 fully saturated rings. The molecule has 100 valence electrons. The Morgan fingerprint density at radius 2 is 2.16 bits per heavy atom. The Bertz CT molecular complexity index is 529. The molecule has 0 amide bonds. The number of aliphatic hydroxyl groups is 1. The Morgan fingerprint density at radius 1 is 1.32 bits per heavy atom. The van der Waals surface area contributed by atoms with Crippen LogP contribution in [-0.4, -0.2) is 16.7 Å². The summed E-state index contributed by atoms with van der Waals surface area (Å²) in [5.74, 6) is 0.00293. The highest BCUT2D eigenvalue weighted by molar-refractivity contribution is 5.30. The third kappa shape index (κ3) is 3.76. The second-order valence-corrected chi connectivity index (χ2v) is 4.28. The first-order chi connectivity index (χ1) is 9.16. The van der Waals surface area contributed by atoms with E-state index in [1.54, 1.807) is 12.3 Å². The van der Waals surface area contributed by atoms with Crippen LogP contribution < -0.4 is 4.74 Å². The van der Waals surface area contributed by atoms with E-state index in [1.807, 2.05) is 18.2 Å². The van der Waals surface area contributed by atoms with E-state index in [2.05, 4.69) is 4.98 Å². The number of hydrogen-bond acceptors (Lipinski definition) is 3. The van der Waals surface area contributed by atoms with Crippen LogP contribution in [0.3, 0.4) is 0 Å². The minimum absolute atomic E-state index is 0.275. The predicted octanol–water partition coefficient (Wildman–Crippen LogP) is 2.90. The maximum atomic E-state index is 13.6. The normalized spacial score (nSPS) is 12.2. The van der Waals surface area contributed by atoms with Crippen molar-refractivity contribution in [1.82, 2.24) is 4.98 Å². The van der Waals surface area contributed by atoms with Crippen molar-refractivity contribution >= 4 is 0 Å². The summed E-state index contributed by atoms with van der Waals surface area (Å²) >= 11 is 0. The second kappa shape index (κ2) is 6.29. The van der Waals surface area contributed by atoms with Gasteiger partial charge >= 0.3 is 0 Å². The van der Waals surface area contributed by atoms with Crippen molar-refractivity contribution in [2.75, 3.05) is 6.61 Å². The highest BCUT2D eigenvalue weighted by Crippen LogP contribution is 2.21. The number of aliphatic hydroxyl groups excluding tert-OH is 1. The summed E-state index contributed by atoms with van der Waals surface area (Å²) in [4.78, 5) is 4.18. The molecule has 0 saturated heterocycles. The zero-order valence-corrected chi connectivity index (χ0v) is 10.7. The maximum absolute atomic E-state index is 13.6. The molecule has 2 rings (SSSR count). The van der Waals surface area contributed by atoms with Crippen LogP contribution in [0.2, 0.25) is 0 Å². The van der Waals surface area contributed by atoms with Crippen molar-refractivity contribution in [3.05, 3.63) is 59.7 Å². The third-order valence-electron chi connectivity index (χ3n) is 2.78. The van der Waals surface area contributed by atoms with Crippen LogP contribution >= 0.6 is 0 Å². The van der Waals surface area contributed by atoms with Crippen LogP contribution in [0.5, 0.6) is 5.75 Å². The summed E-state index contributed by atoms with van der Waals surface area (Å²) in [6.45, 7) is 1.96. The monoisotopic (exact) mass is 261 g/mol. The molecule has 2 aromatic rings. The number of hydrogen-bond donors (Lipinski definition) is 1. The summed E-state index contributed by atoms with van der Waals surface area (Å²) in [5, 5.41) is 9.33. The van der Waals surface area contributed by atoms with Crippen LogP contribution in [0.25, 0.3) is 0 Å². The lowest BCUT2D eigenvalue weighted by molar-refractivity contribution is 0.194. The number of benzene rings is 1. The molecule has 4 heteroatoms. The van der Waals surface area contributed by atoms with Gasteiger partial charge in [0.1, 0.15) is 11.6 Å².